The van der Waals surface area contributed by atoms with Crippen molar-refractivity contribution in [2.75, 3.05) is 5.73 Å². The molecule has 0 heterocycles. The number of hydrogen-bond acceptors (Lipinski definition) is 3. The predicted octanol–water partition coefficient (Wildman–Crippen LogP) is 4.34. The van der Waals surface area contributed by atoms with Crippen LogP contribution < -0.4 is 16.4 Å². The maximum atomic E-state index is 13.1. The minimum absolute atomic E-state index is 0. The molecular formula is C24H32ClN3O2. The third-order valence-electron chi connectivity index (χ3n) is 5.52. The zero-order chi connectivity index (χ0) is 21.0. The normalized spacial score (nSPS) is 16.2. The number of nitrogens with one attached hydrogen (secondary N) is 2. The smallest absolute Gasteiger partial charge is 0.252 e. The van der Waals surface area contributed by atoms with E-state index < -0.39 is 6.04 Å². The highest BCUT2D eigenvalue weighted by Crippen LogP contribution is 2.31. The SMILES string of the molecule is Cc1ccccc1C(=O)NC(CC(C)C)C(=O)NC1CCCc2cc(N)ccc21.Cl. The van der Waals surface area contributed by atoms with Crippen molar-refractivity contribution in [3.8, 4) is 0 Å². The van der Waals surface area contributed by atoms with E-state index in [1.54, 1.807) is 6.07 Å². The summed E-state index contributed by atoms with van der Waals surface area (Å²) in [5.74, 6) is -0.0580. The number of carbonyl (C=O) groups is 2. The fourth-order valence-electron chi connectivity index (χ4n) is 4.02. The van der Waals surface area contributed by atoms with Crippen molar-refractivity contribution in [3.63, 3.8) is 0 Å². The summed E-state index contributed by atoms with van der Waals surface area (Å²) in [6, 6.07) is 12.7. The topological polar surface area (TPSA) is 84.2 Å². The van der Waals surface area contributed by atoms with Gasteiger partial charge in [-0.25, -0.2) is 0 Å². The van der Waals surface area contributed by atoms with E-state index in [0.717, 1.165) is 36.1 Å². The summed E-state index contributed by atoms with van der Waals surface area (Å²) in [6.45, 7) is 6.01. The van der Waals surface area contributed by atoms with Crippen molar-refractivity contribution in [2.45, 2.75) is 58.5 Å². The van der Waals surface area contributed by atoms with E-state index in [2.05, 4.69) is 24.5 Å². The van der Waals surface area contributed by atoms with Gasteiger partial charge in [0.2, 0.25) is 5.91 Å². The lowest BCUT2D eigenvalue weighted by atomic mass is 9.87. The van der Waals surface area contributed by atoms with E-state index >= 15 is 0 Å². The number of fused-ring (bicyclic) bond motifs is 1. The Bertz CT molecular complexity index is 898. The number of halogens is 1. The van der Waals surface area contributed by atoms with Crippen LogP contribution in [0.25, 0.3) is 0 Å². The number of amides is 2. The van der Waals surface area contributed by atoms with Crippen LogP contribution in [0.2, 0.25) is 0 Å². The summed E-state index contributed by atoms with van der Waals surface area (Å²) in [5.41, 5.74) is 10.5. The highest BCUT2D eigenvalue weighted by molar-refractivity contribution is 5.98. The highest BCUT2D eigenvalue weighted by Gasteiger charge is 2.27. The largest absolute Gasteiger partial charge is 0.399 e. The molecule has 0 saturated heterocycles. The maximum Gasteiger partial charge on any atom is 0.252 e. The monoisotopic (exact) mass is 429 g/mol. The highest BCUT2D eigenvalue weighted by atomic mass is 35.5. The maximum absolute atomic E-state index is 13.1. The summed E-state index contributed by atoms with van der Waals surface area (Å²) in [7, 11) is 0. The van der Waals surface area contributed by atoms with Crippen molar-refractivity contribution in [1.82, 2.24) is 10.6 Å². The van der Waals surface area contributed by atoms with Crippen LogP contribution in [0.1, 0.15) is 66.2 Å². The summed E-state index contributed by atoms with van der Waals surface area (Å²) >= 11 is 0. The molecule has 3 rings (SSSR count). The van der Waals surface area contributed by atoms with E-state index in [4.69, 9.17) is 5.73 Å². The van der Waals surface area contributed by atoms with Crippen LogP contribution in [0, 0.1) is 12.8 Å². The Balaban J connectivity index is 0.00000320. The molecule has 0 bridgehead atoms. The fraction of sp³-hybridized carbons (Fsp3) is 0.417. The average molecular weight is 430 g/mol. The Morgan fingerprint density at radius 1 is 1.17 bits per heavy atom. The Morgan fingerprint density at radius 3 is 2.60 bits per heavy atom. The molecule has 0 spiro atoms. The van der Waals surface area contributed by atoms with E-state index in [0.29, 0.717) is 12.0 Å². The first-order valence-corrected chi connectivity index (χ1v) is 10.4. The standard InChI is InChI=1S/C24H31N3O2.ClH/c1-15(2)13-22(27-23(28)19-9-5-4-7-16(19)3)24(29)26-21-10-6-8-17-14-18(25)11-12-20(17)21;/h4-5,7,9,11-12,14-15,21-22H,6,8,10,13,25H2,1-3H3,(H,26,29)(H,27,28);1H. The molecule has 2 atom stereocenters. The Kier molecular flexibility index (Phi) is 8.30. The number of anilines is 1. The predicted molar refractivity (Wildman–Crippen MR) is 124 cm³/mol. The average Bonchev–Trinajstić information content (AvgIpc) is 2.67. The molecule has 0 aliphatic heterocycles. The zero-order valence-corrected chi connectivity index (χ0v) is 18.7. The third kappa shape index (κ3) is 5.76. The number of rotatable bonds is 6. The van der Waals surface area contributed by atoms with Gasteiger partial charge in [-0.3, -0.25) is 9.59 Å². The van der Waals surface area contributed by atoms with E-state index in [-0.39, 0.29) is 36.2 Å². The number of hydrogen-bond donors (Lipinski definition) is 3. The van der Waals surface area contributed by atoms with Crippen molar-refractivity contribution < 1.29 is 9.59 Å². The number of nitrogens with two attached hydrogens (primary N) is 1. The number of nitrogen functional groups attached to an aromatic ring is 1. The first-order chi connectivity index (χ1) is 13.8. The molecule has 0 radical (unpaired) electrons. The van der Waals surface area contributed by atoms with Crippen LogP contribution in [0.4, 0.5) is 5.69 Å². The van der Waals surface area contributed by atoms with Gasteiger partial charge in [0, 0.05) is 11.3 Å². The molecule has 6 heteroatoms. The first kappa shape index (κ1) is 23.7. The van der Waals surface area contributed by atoms with E-state index in [1.807, 2.05) is 43.3 Å². The molecule has 5 nitrogen and oxygen atoms in total. The Hall–Kier alpha value is -2.53. The first-order valence-electron chi connectivity index (χ1n) is 10.4. The van der Waals surface area contributed by atoms with E-state index in [9.17, 15) is 9.59 Å². The van der Waals surface area contributed by atoms with Gasteiger partial charge < -0.3 is 16.4 Å². The molecule has 4 N–H and O–H groups in total. The molecule has 162 valence electrons. The summed E-state index contributed by atoms with van der Waals surface area (Å²) in [5, 5.41) is 6.13. The van der Waals surface area contributed by atoms with Gasteiger partial charge >= 0.3 is 0 Å². The van der Waals surface area contributed by atoms with Gasteiger partial charge in [-0.2, -0.15) is 0 Å². The number of carbonyl (C=O) groups excluding carboxylic acids is 2. The van der Waals surface area contributed by atoms with Crippen LogP contribution in [0.15, 0.2) is 42.5 Å². The molecule has 1 aliphatic carbocycles. The van der Waals surface area contributed by atoms with Crippen molar-refractivity contribution >= 4 is 29.9 Å². The fourth-order valence-corrected chi connectivity index (χ4v) is 4.02. The minimum atomic E-state index is -0.568. The second-order valence-electron chi connectivity index (χ2n) is 8.38. The van der Waals surface area contributed by atoms with E-state index in [1.165, 1.54) is 5.56 Å². The van der Waals surface area contributed by atoms with Crippen LogP contribution >= 0.6 is 12.4 Å². The quantitative estimate of drug-likeness (QED) is 0.597. The molecule has 2 amide bonds. The van der Waals surface area contributed by atoms with Gasteiger partial charge in [0.25, 0.3) is 5.91 Å². The van der Waals surface area contributed by atoms with Crippen molar-refractivity contribution in [1.29, 1.82) is 0 Å². The lowest BCUT2D eigenvalue weighted by molar-refractivity contribution is -0.124. The van der Waals surface area contributed by atoms with Crippen LogP contribution in [0.3, 0.4) is 0 Å². The van der Waals surface area contributed by atoms with Gasteiger partial charge in [0.15, 0.2) is 0 Å². The molecule has 2 unspecified atom stereocenters. The van der Waals surface area contributed by atoms with Crippen molar-refractivity contribution in [3.05, 3.63) is 64.7 Å². The third-order valence-corrected chi connectivity index (χ3v) is 5.52. The molecule has 0 fully saturated rings. The summed E-state index contributed by atoms with van der Waals surface area (Å²) < 4.78 is 0. The lowest BCUT2D eigenvalue weighted by Crippen LogP contribution is -2.48. The van der Waals surface area contributed by atoms with Crippen LogP contribution in [0.5, 0.6) is 0 Å². The molecule has 1 aliphatic rings. The van der Waals surface area contributed by atoms with Gasteiger partial charge in [0.1, 0.15) is 6.04 Å². The van der Waals surface area contributed by atoms with Gasteiger partial charge in [-0.05, 0) is 73.4 Å². The Morgan fingerprint density at radius 2 is 1.90 bits per heavy atom. The Labute approximate surface area is 185 Å². The van der Waals surface area contributed by atoms with Crippen molar-refractivity contribution in [2.24, 2.45) is 5.92 Å². The van der Waals surface area contributed by atoms with Gasteiger partial charge in [-0.15, -0.1) is 12.4 Å². The second-order valence-corrected chi connectivity index (χ2v) is 8.38. The zero-order valence-electron chi connectivity index (χ0n) is 17.9. The molecular weight excluding hydrogens is 398 g/mol. The van der Waals surface area contributed by atoms with Crippen LogP contribution in [-0.2, 0) is 11.2 Å². The lowest BCUT2D eigenvalue weighted by Gasteiger charge is -2.29. The molecule has 30 heavy (non-hydrogen) atoms. The molecule has 2 aromatic carbocycles. The number of aryl methyl sites for hydroxylation is 2. The molecule has 0 aromatic heterocycles. The van der Waals surface area contributed by atoms with Gasteiger partial charge in [0.05, 0.1) is 6.04 Å². The summed E-state index contributed by atoms with van der Waals surface area (Å²) in [4.78, 5) is 25.9. The number of benzene rings is 2. The van der Waals surface area contributed by atoms with Gasteiger partial charge in [-0.1, -0.05) is 38.1 Å². The summed E-state index contributed by atoms with van der Waals surface area (Å²) in [6.07, 6.45) is 3.46. The molecule has 2 aromatic rings. The second kappa shape index (κ2) is 10.5. The minimum Gasteiger partial charge on any atom is -0.399 e. The van der Waals surface area contributed by atoms with Crippen LogP contribution in [-0.4, -0.2) is 17.9 Å². The molecule has 0 saturated carbocycles.